The van der Waals surface area contributed by atoms with Crippen LogP contribution in [0.15, 0.2) is 22.7 Å². The third-order valence-corrected chi connectivity index (χ3v) is 3.04. The number of hydrogen-bond acceptors (Lipinski definition) is 4. The van der Waals surface area contributed by atoms with E-state index in [9.17, 15) is 8.78 Å². The zero-order valence-corrected chi connectivity index (χ0v) is 9.44. The summed E-state index contributed by atoms with van der Waals surface area (Å²) in [5, 5.41) is 3.78. The van der Waals surface area contributed by atoms with Crippen molar-refractivity contribution in [3.63, 3.8) is 0 Å². The Morgan fingerprint density at radius 2 is 2.06 bits per heavy atom. The predicted octanol–water partition coefficient (Wildman–Crippen LogP) is 2.42. The van der Waals surface area contributed by atoms with Crippen molar-refractivity contribution in [2.24, 2.45) is 11.7 Å². The van der Waals surface area contributed by atoms with E-state index in [1.165, 1.54) is 6.07 Å². The lowest BCUT2D eigenvalue weighted by Gasteiger charge is -2.01. The molecule has 0 saturated heterocycles. The fraction of sp³-hybridized carbons (Fsp3) is 0.333. The van der Waals surface area contributed by atoms with Crippen LogP contribution in [-0.4, -0.2) is 10.1 Å². The van der Waals surface area contributed by atoms with E-state index in [0.29, 0.717) is 17.3 Å². The molecule has 1 atom stereocenters. The molecule has 0 radical (unpaired) electrons. The zero-order valence-electron chi connectivity index (χ0n) is 9.44. The van der Waals surface area contributed by atoms with Gasteiger partial charge < -0.3 is 10.3 Å². The van der Waals surface area contributed by atoms with Crippen LogP contribution in [-0.2, 0) is 0 Å². The van der Waals surface area contributed by atoms with E-state index in [0.717, 1.165) is 25.0 Å². The Morgan fingerprint density at radius 1 is 1.28 bits per heavy atom. The molecule has 1 fully saturated rings. The van der Waals surface area contributed by atoms with Gasteiger partial charge in [-0.15, -0.1) is 0 Å². The molecule has 0 aliphatic heterocycles. The number of aromatic nitrogens is 2. The van der Waals surface area contributed by atoms with Crippen molar-refractivity contribution in [2.75, 3.05) is 0 Å². The van der Waals surface area contributed by atoms with E-state index in [4.69, 9.17) is 10.3 Å². The molecule has 3 rings (SSSR count). The Morgan fingerprint density at radius 3 is 2.72 bits per heavy atom. The molecule has 1 unspecified atom stereocenters. The van der Waals surface area contributed by atoms with Crippen molar-refractivity contribution in [1.29, 1.82) is 0 Å². The summed E-state index contributed by atoms with van der Waals surface area (Å²) in [5.41, 5.74) is 6.27. The molecule has 18 heavy (non-hydrogen) atoms. The van der Waals surface area contributed by atoms with Gasteiger partial charge in [-0.25, -0.2) is 8.78 Å². The van der Waals surface area contributed by atoms with E-state index < -0.39 is 11.6 Å². The van der Waals surface area contributed by atoms with Crippen molar-refractivity contribution in [3.8, 4) is 11.5 Å². The third-order valence-electron chi connectivity index (χ3n) is 3.04. The average Bonchev–Trinajstić information content (AvgIpc) is 3.09. The van der Waals surface area contributed by atoms with Crippen LogP contribution in [0.1, 0.15) is 24.7 Å². The van der Waals surface area contributed by atoms with Crippen LogP contribution in [0.25, 0.3) is 11.5 Å². The zero-order chi connectivity index (χ0) is 12.7. The summed E-state index contributed by atoms with van der Waals surface area (Å²) in [4.78, 5) is 4.12. The minimum atomic E-state index is -0.946. The molecule has 94 valence electrons. The molecule has 4 nitrogen and oxygen atoms in total. The van der Waals surface area contributed by atoms with Crippen LogP contribution < -0.4 is 5.73 Å². The Labute approximate surface area is 102 Å². The Hall–Kier alpha value is -1.82. The van der Waals surface area contributed by atoms with Gasteiger partial charge in [0.25, 0.3) is 5.89 Å². The first-order valence-corrected chi connectivity index (χ1v) is 5.70. The molecule has 1 aliphatic rings. The van der Waals surface area contributed by atoms with E-state index in [1.807, 2.05) is 0 Å². The smallest absolute Gasteiger partial charge is 0.258 e. The highest BCUT2D eigenvalue weighted by atomic mass is 19.2. The fourth-order valence-electron chi connectivity index (χ4n) is 1.78. The highest BCUT2D eigenvalue weighted by Crippen LogP contribution is 2.38. The number of rotatable bonds is 3. The predicted molar refractivity (Wildman–Crippen MR) is 59.3 cm³/mol. The van der Waals surface area contributed by atoms with Gasteiger partial charge in [-0.1, -0.05) is 5.16 Å². The topological polar surface area (TPSA) is 64.9 Å². The molecular weight excluding hydrogens is 240 g/mol. The second-order valence-electron chi connectivity index (χ2n) is 4.45. The lowest BCUT2D eigenvalue weighted by Crippen LogP contribution is -2.13. The van der Waals surface area contributed by atoms with Gasteiger partial charge in [-0.3, -0.25) is 0 Å². The number of benzene rings is 1. The molecule has 1 aromatic heterocycles. The normalized spacial score (nSPS) is 16.8. The molecule has 2 N–H and O–H groups in total. The van der Waals surface area contributed by atoms with Gasteiger partial charge in [0.1, 0.15) is 0 Å². The summed E-state index contributed by atoms with van der Waals surface area (Å²) in [6.45, 7) is 0. The maximum absolute atomic E-state index is 13.1. The quantitative estimate of drug-likeness (QED) is 0.909. The van der Waals surface area contributed by atoms with Crippen LogP contribution in [0.2, 0.25) is 0 Å². The monoisotopic (exact) mass is 251 g/mol. The van der Waals surface area contributed by atoms with Crippen LogP contribution in [0.4, 0.5) is 8.78 Å². The van der Waals surface area contributed by atoms with E-state index >= 15 is 0 Å². The molecule has 1 saturated carbocycles. The summed E-state index contributed by atoms with van der Waals surface area (Å²) < 4.78 is 30.9. The number of halogens is 2. The van der Waals surface area contributed by atoms with Crippen LogP contribution in [0, 0.1) is 17.6 Å². The minimum absolute atomic E-state index is 0.153. The number of nitrogens with zero attached hydrogens (tertiary/aromatic N) is 2. The Bertz CT molecular complexity index is 580. The lowest BCUT2D eigenvalue weighted by molar-refractivity contribution is 0.411. The van der Waals surface area contributed by atoms with Crippen LogP contribution in [0.3, 0.4) is 0 Å². The summed E-state index contributed by atoms with van der Waals surface area (Å²) >= 11 is 0. The highest BCUT2D eigenvalue weighted by molar-refractivity contribution is 5.52. The molecule has 1 heterocycles. The second-order valence-corrected chi connectivity index (χ2v) is 4.45. The number of hydrogen-bond donors (Lipinski definition) is 1. The summed E-state index contributed by atoms with van der Waals surface area (Å²) in [7, 11) is 0. The molecule has 6 heteroatoms. The third kappa shape index (κ3) is 1.99. The van der Waals surface area contributed by atoms with E-state index in [-0.39, 0.29) is 11.9 Å². The summed E-state index contributed by atoms with van der Waals surface area (Å²) in [6.07, 6.45) is 2.13. The lowest BCUT2D eigenvalue weighted by atomic mass is 10.2. The molecule has 1 aromatic carbocycles. The van der Waals surface area contributed by atoms with Crippen LogP contribution in [0.5, 0.6) is 0 Å². The van der Waals surface area contributed by atoms with Gasteiger partial charge in [0, 0.05) is 5.56 Å². The van der Waals surface area contributed by atoms with Gasteiger partial charge >= 0.3 is 0 Å². The maximum atomic E-state index is 13.1. The molecular formula is C12H11F2N3O. The molecule has 0 spiro atoms. The second kappa shape index (κ2) is 4.13. The van der Waals surface area contributed by atoms with Crippen LogP contribution >= 0.6 is 0 Å². The molecule has 0 amide bonds. The molecule has 1 aliphatic carbocycles. The van der Waals surface area contributed by atoms with E-state index in [2.05, 4.69) is 10.1 Å². The summed E-state index contributed by atoms with van der Waals surface area (Å²) in [5.74, 6) is -0.885. The van der Waals surface area contributed by atoms with Crippen molar-refractivity contribution < 1.29 is 13.3 Å². The van der Waals surface area contributed by atoms with Crippen molar-refractivity contribution >= 4 is 0 Å². The van der Waals surface area contributed by atoms with Gasteiger partial charge in [0.2, 0.25) is 0 Å². The van der Waals surface area contributed by atoms with Crippen molar-refractivity contribution in [1.82, 2.24) is 10.1 Å². The first-order valence-electron chi connectivity index (χ1n) is 5.70. The van der Waals surface area contributed by atoms with Crippen molar-refractivity contribution in [2.45, 2.75) is 18.9 Å². The fourth-order valence-corrected chi connectivity index (χ4v) is 1.78. The van der Waals surface area contributed by atoms with Gasteiger partial charge in [-0.05, 0) is 37.0 Å². The summed E-state index contributed by atoms with van der Waals surface area (Å²) in [6, 6.07) is 3.19. The first kappa shape index (κ1) is 11.3. The van der Waals surface area contributed by atoms with Gasteiger partial charge in [-0.2, -0.15) is 4.98 Å². The Kier molecular flexibility index (Phi) is 2.59. The highest BCUT2D eigenvalue weighted by Gasteiger charge is 2.32. The standard InChI is InChI=1S/C12H11F2N3O/c13-8-4-3-7(5-9(8)14)12-16-11(17-18-12)10(15)6-1-2-6/h3-6,10H,1-2,15H2. The van der Waals surface area contributed by atoms with Crippen molar-refractivity contribution in [3.05, 3.63) is 35.7 Å². The average molecular weight is 251 g/mol. The minimum Gasteiger partial charge on any atom is -0.334 e. The molecule has 2 aromatic rings. The Balaban J connectivity index is 1.89. The number of nitrogens with two attached hydrogens (primary N) is 1. The van der Waals surface area contributed by atoms with Gasteiger partial charge in [0.15, 0.2) is 17.5 Å². The van der Waals surface area contributed by atoms with Gasteiger partial charge in [0.05, 0.1) is 6.04 Å². The maximum Gasteiger partial charge on any atom is 0.258 e. The largest absolute Gasteiger partial charge is 0.334 e. The molecule has 0 bridgehead atoms. The SMILES string of the molecule is NC(c1noc(-c2ccc(F)c(F)c2)n1)C1CC1. The first-order chi connectivity index (χ1) is 8.65. The van der Waals surface area contributed by atoms with E-state index in [1.54, 1.807) is 0 Å².